The van der Waals surface area contributed by atoms with Crippen LogP contribution in [0, 0.1) is 0 Å². The van der Waals surface area contributed by atoms with Gasteiger partial charge in [-0.25, -0.2) is 4.79 Å². The molecule has 0 spiro atoms. The Bertz CT molecular complexity index is 343. The Kier molecular flexibility index (Phi) is 2.67. The van der Waals surface area contributed by atoms with Gasteiger partial charge in [-0.2, -0.15) is 0 Å². The van der Waals surface area contributed by atoms with Crippen LogP contribution in [0.2, 0.25) is 0 Å². The standard InChI is InChI=1S/C8H9NO3S/c1-9(2)7-6(8(11)12)3-5(4-10)13-7/h3-4H,1-2H3,(H,11,12). The quantitative estimate of drug-likeness (QED) is 0.746. The van der Waals surface area contributed by atoms with Crippen LogP contribution in [0.3, 0.4) is 0 Å². The number of thiophene rings is 1. The van der Waals surface area contributed by atoms with Crippen LogP contribution >= 0.6 is 11.3 Å². The van der Waals surface area contributed by atoms with Gasteiger partial charge in [-0.05, 0) is 6.07 Å². The lowest BCUT2D eigenvalue weighted by atomic mass is 10.3. The number of rotatable bonds is 3. The highest BCUT2D eigenvalue weighted by atomic mass is 32.1. The zero-order chi connectivity index (χ0) is 10.0. The number of nitrogens with zero attached hydrogens (tertiary/aromatic N) is 1. The highest BCUT2D eigenvalue weighted by Crippen LogP contribution is 2.29. The second-order valence-corrected chi connectivity index (χ2v) is 3.75. The lowest BCUT2D eigenvalue weighted by Crippen LogP contribution is -2.10. The maximum absolute atomic E-state index is 10.7. The molecule has 1 aromatic heterocycles. The Morgan fingerprint density at radius 1 is 1.62 bits per heavy atom. The summed E-state index contributed by atoms with van der Waals surface area (Å²) < 4.78 is 0. The molecule has 1 heterocycles. The van der Waals surface area contributed by atoms with Crippen LogP contribution in [-0.4, -0.2) is 31.5 Å². The Morgan fingerprint density at radius 2 is 2.23 bits per heavy atom. The van der Waals surface area contributed by atoms with E-state index in [-0.39, 0.29) is 5.56 Å². The van der Waals surface area contributed by atoms with Gasteiger partial charge in [0.1, 0.15) is 5.00 Å². The summed E-state index contributed by atoms with van der Waals surface area (Å²) in [7, 11) is 3.49. The molecule has 1 aromatic rings. The summed E-state index contributed by atoms with van der Waals surface area (Å²) in [5.41, 5.74) is 0.178. The van der Waals surface area contributed by atoms with Crippen LogP contribution in [0.15, 0.2) is 6.07 Å². The van der Waals surface area contributed by atoms with E-state index >= 15 is 0 Å². The van der Waals surface area contributed by atoms with Gasteiger partial charge in [-0.1, -0.05) is 0 Å². The van der Waals surface area contributed by atoms with Crippen LogP contribution in [-0.2, 0) is 0 Å². The van der Waals surface area contributed by atoms with Gasteiger partial charge in [-0.3, -0.25) is 4.79 Å². The molecule has 0 aliphatic carbocycles. The van der Waals surface area contributed by atoms with Gasteiger partial charge >= 0.3 is 5.97 Å². The van der Waals surface area contributed by atoms with Gasteiger partial charge in [0.25, 0.3) is 0 Å². The van der Waals surface area contributed by atoms with Crippen molar-refractivity contribution in [2.75, 3.05) is 19.0 Å². The van der Waals surface area contributed by atoms with E-state index in [1.54, 1.807) is 19.0 Å². The molecule has 0 aliphatic heterocycles. The average molecular weight is 199 g/mol. The first-order valence-electron chi connectivity index (χ1n) is 3.56. The number of carbonyl (C=O) groups is 2. The third-order valence-corrected chi connectivity index (χ3v) is 2.71. The SMILES string of the molecule is CN(C)c1sc(C=O)cc1C(=O)O. The van der Waals surface area contributed by atoms with Crippen molar-refractivity contribution in [1.29, 1.82) is 0 Å². The molecule has 4 nitrogen and oxygen atoms in total. The highest BCUT2D eigenvalue weighted by molar-refractivity contribution is 7.18. The monoisotopic (exact) mass is 199 g/mol. The van der Waals surface area contributed by atoms with Crippen molar-refractivity contribution in [3.63, 3.8) is 0 Å². The van der Waals surface area contributed by atoms with Gasteiger partial charge < -0.3 is 10.0 Å². The summed E-state index contributed by atoms with van der Waals surface area (Å²) >= 11 is 1.17. The molecule has 13 heavy (non-hydrogen) atoms. The molecular weight excluding hydrogens is 190 g/mol. The summed E-state index contributed by atoms with van der Waals surface area (Å²) in [6.07, 6.45) is 0.657. The van der Waals surface area contributed by atoms with E-state index in [2.05, 4.69) is 0 Å². The van der Waals surface area contributed by atoms with Crippen molar-refractivity contribution in [1.82, 2.24) is 0 Å². The normalized spacial score (nSPS) is 9.69. The topological polar surface area (TPSA) is 57.6 Å². The van der Waals surface area contributed by atoms with Crippen molar-refractivity contribution >= 4 is 28.6 Å². The fourth-order valence-corrected chi connectivity index (χ4v) is 1.83. The molecule has 0 atom stereocenters. The summed E-state index contributed by atoms with van der Waals surface area (Å²) in [4.78, 5) is 23.2. The molecule has 0 amide bonds. The molecule has 1 rings (SSSR count). The second kappa shape index (κ2) is 3.57. The van der Waals surface area contributed by atoms with E-state index in [0.717, 1.165) is 0 Å². The molecule has 5 heteroatoms. The number of hydrogen-bond acceptors (Lipinski definition) is 4. The molecule has 0 radical (unpaired) electrons. The van der Waals surface area contributed by atoms with Crippen LogP contribution in [0.5, 0.6) is 0 Å². The second-order valence-electron chi connectivity index (χ2n) is 2.69. The molecule has 0 unspecified atom stereocenters. The van der Waals surface area contributed by atoms with Gasteiger partial charge in [0.2, 0.25) is 0 Å². The van der Waals surface area contributed by atoms with Crippen LogP contribution in [0.4, 0.5) is 5.00 Å². The minimum Gasteiger partial charge on any atom is -0.478 e. The first-order valence-corrected chi connectivity index (χ1v) is 4.37. The molecule has 1 N–H and O–H groups in total. The van der Waals surface area contributed by atoms with E-state index in [1.165, 1.54) is 17.4 Å². The van der Waals surface area contributed by atoms with Gasteiger partial charge in [0.05, 0.1) is 10.4 Å². The summed E-state index contributed by atoms with van der Waals surface area (Å²) in [5, 5.41) is 9.38. The maximum Gasteiger partial charge on any atom is 0.338 e. The molecule has 0 fully saturated rings. The molecular formula is C8H9NO3S. The highest BCUT2D eigenvalue weighted by Gasteiger charge is 2.15. The average Bonchev–Trinajstić information content (AvgIpc) is 2.47. The lowest BCUT2D eigenvalue weighted by Gasteiger charge is -2.09. The number of aromatic carboxylic acids is 1. The Balaban J connectivity index is 3.22. The van der Waals surface area contributed by atoms with Gasteiger partial charge in [0.15, 0.2) is 6.29 Å². The number of carbonyl (C=O) groups excluding carboxylic acids is 1. The fraction of sp³-hybridized carbons (Fsp3) is 0.250. The van der Waals surface area contributed by atoms with Gasteiger partial charge in [-0.15, -0.1) is 11.3 Å². The van der Waals surface area contributed by atoms with Crippen molar-refractivity contribution in [3.05, 3.63) is 16.5 Å². The third-order valence-electron chi connectivity index (χ3n) is 1.48. The van der Waals surface area contributed by atoms with Crippen molar-refractivity contribution in [3.8, 4) is 0 Å². The largest absolute Gasteiger partial charge is 0.478 e. The molecule has 0 bridgehead atoms. The molecule has 70 valence electrons. The zero-order valence-electron chi connectivity index (χ0n) is 7.27. The summed E-state index contributed by atoms with van der Waals surface area (Å²) in [6, 6.07) is 1.38. The number of carboxylic acid groups (broad SMARTS) is 1. The van der Waals surface area contributed by atoms with Crippen LogP contribution < -0.4 is 4.90 Å². The Labute approximate surface area is 79.4 Å². The minimum absolute atomic E-state index is 0.178. The van der Waals surface area contributed by atoms with Crippen LogP contribution in [0.25, 0.3) is 0 Å². The maximum atomic E-state index is 10.7. The minimum atomic E-state index is -1.01. The van der Waals surface area contributed by atoms with E-state index in [1.807, 2.05) is 0 Å². The van der Waals surface area contributed by atoms with E-state index in [0.29, 0.717) is 16.2 Å². The summed E-state index contributed by atoms with van der Waals surface area (Å²) in [5.74, 6) is -1.01. The predicted octanol–water partition coefficient (Wildman–Crippen LogP) is 1.32. The smallest absolute Gasteiger partial charge is 0.338 e. The number of carboxylic acids is 1. The first-order chi connectivity index (χ1) is 6.06. The van der Waals surface area contributed by atoms with E-state index < -0.39 is 5.97 Å². The van der Waals surface area contributed by atoms with E-state index in [9.17, 15) is 9.59 Å². The lowest BCUT2D eigenvalue weighted by molar-refractivity contribution is 0.0698. The Hall–Kier alpha value is -1.36. The van der Waals surface area contributed by atoms with Crippen molar-refractivity contribution < 1.29 is 14.7 Å². The molecule has 0 aliphatic rings. The molecule has 0 saturated carbocycles. The third kappa shape index (κ3) is 1.86. The number of anilines is 1. The van der Waals surface area contributed by atoms with Gasteiger partial charge in [0, 0.05) is 14.1 Å². The number of hydrogen-bond donors (Lipinski definition) is 1. The summed E-state index contributed by atoms with van der Waals surface area (Å²) in [6.45, 7) is 0. The fourth-order valence-electron chi connectivity index (χ4n) is 0.944. The first kappa shape index (κ1) is 9.73. The van der Waals surface area contributed by atoms with Crippen molar-refractivity contribution in [2.45, 2.75) is 0 Å². The van der Waals surface area contributed by atoms with Crippen molar-refractivity contribution in [2.24, 2.45) is 0 Å². The predicted molar refractivity (Wildman–Crippen MR) is 51.0 cm³/mol. The zero-order valence-corrected chi connectivity index (χ0v) is 8.09. The van der Waals surface area contributed by atoms with E-state index in [4.69, 9.17) is 5.11 Å². The van der Waals surface area contributed by atoms with Crippen LogP contribution in [0.1, 0.15) is 20.0 Å². The Morgan fingerprint density at radius 3 is 2.54 bits per heavy atom. The number of aldehydes is 1. The molecule has 0 saturated heterocycles. The molecule has 0 aromatic carbocycles.